The molecule has 134 valence electrons. The van der Waals surface area contributed by atoms with E-state index in [0.29, 0.717) is 16.2 Å². The molecule has 2 aromatic carbocycles. The molecule has 2 N–H and O–H groups in total. The molecule has 2 unspecified atom stereocenters. The molecule has 0 spiro atoms. The summed E-state index contributed by atoms with van der Waals surface area (Å²) in [5.41, 5.74) is 3.22. The highest BCUT2D eigenvalue weighted by molar-refractivity contribution is 7.99. The van der Waals surface area contributed by atoms with Crippen molar-refractivity contribution in [2.45, 2.75) is 22.9 Å². The number of hydrogen-bond donors (Lipinski definition) is 2. The lowest BCUT2D eigenvalue weighted by atomic mass is 10.1. The number of benzene rings is 2. The zero-order valence-corrected chi connectivity index (χ0v) is 15.1. The number of rotatable bonds is 3. The summed E-state index contributed by atoms with van der Waals surface area (Å²) >= 11 is 1.39. The van der Waals surface area contributed by atoms with Crippen molar-refractivity contribution in [2.75, 3.05) is 0 Å². The zero-order chi connectivity index (χ0) is 18.4. The summed E-state index contributed by atoms with van der Waals surface area (Å²) in [5, 5.41) is 15.8. The van der Waals surface area contributed by atoms with E-state index in [4.69, 9.17) is 0 Å². The van der Waals surface area contributed by atoms with Gasteiger partial charge in [-0.05, 0) is 29.7 Å². The summed E-state index contributed by atoms with van der Waals surface area (Å²) in [7, 11) is 0. The van der Waals surface area contributed by atoms with Crippen LogP contribution in [0.3, 0.4) is 0 Å². The van der Waals surface area contributed by atoms with Crippen molar-refractivity contribution in [1.82, 2.24) is 19.7 Å². The molecule has 0 saturated heterocycles. The third-order valence-electron chi connectivity index (χ3n) is 4.83. The molecule has 1 aliphatic rings. The molecule has 6 nitrogen and oxygen atoms in total. The average Bonchev–Trinajstić information content (AvgIpc) is 3.25. The van der Waals surface area contributed by atoms with Crippen LogP contribution in [-0.4, -0.2) is 30.1 Å². The first-order valence-corrected chi connectivity index (χ1v) is 9.54. The highest BCUT2D eigenvalue weighted by atomic mass is 32.2. The van der Waals surface area contributed by atoms with Gasteiger partial charge < -0.3 is 10.1 Å². The van der Waals surface area contributed by atoms with Gasteiger partial charge in [0.2, 0.25) is 0 Å². The Hall–Kier alpha value is -2.90. The molecule has 0 saturated carbocycles. The molecule has 0 radical (unpaired) electrons. The number of hydrogen-bond acceptors (Lipinski definition) is 5. The quantitative estimate of drug-likeness (QED) is 0.537. The maximum Gasteiger partial charge on any atom is 0.262 e. The van der Waals surface area contributed by atoms with Crippen LogP contribution < -0.4 is 5.56 Å². The van der Waals surface area contributed by atoms with E-state index in [1.807, 2.05) is 54.6 Å². The molecule has 5 rings (SSSR count). The molecule has 27 heavy (non-hydrogen) atoms. The lowest BCUT2D eigenvalue weighted by Gasteiger charge is -2.13. The van der Waals surface area contributed by atoms with Gasteiger partial charge in [0.25, 0.3) is 5.56 Å². The van der Waals surface area contributed by atoms with Gasteiger partial charge in [0.15, 0.2) is 10.8 Å². The molecule has 0 aliphatic heterocycles. The van der Waals surface area contributed by atoms with Crippen molar-refractivity contribution >= 4 is 22.8 Å². The van der Waals surface area contributed by atoms with Crippen molar-refractivity contribution in [3.63, 3.8) is 0 Å². The Balaban J connectivity index is 1.53. The van der Waals surface area contributed by atoms with Crippen LogP contribution in [0.25, 0.3) is 16.7 Å². The van der Waals surface area contributed by atoms with Gasteiger partial charge in [-0.1, -0.05) is 54.2 Å². The van der Waals surface area contributed by atoms with E-state index in [2.05, 4.69) is 15.1 Å². The Kier molecular flexibility index (Phi) is 3.84. The second kappa shape index (κ2) is 6.37. The summed E-state index contributed by atoms with van der Waals surface area (Å²) in [5.74, 6) is 0. The number of aromatic nitrogens is 4. The molecule has 2 atom stereocenters. The molecule has 0 bridgehead atoms. The third kappa shape index (κ3) is 2.75. The molecule has 2 heterocycles. The van der Waals surface area contributed by atoms with Crippen LogP contribution >= 0.6 is 11.8 Å². The Bertz CT molecular complexity index is 1190. The molecular formula is C20H16N4O2S. The van der Waals surface area contributed by atoms with Gasteiger partial charge in [0.1, 0.15) is 5.39 Å². The van der Waals surface area contributed by atoms with E-state index in [9.17, 15) is 9.90 Å². The molecule has 1 aliphatic carbocycles. The van der Waals surface area contributed by atoms with Gasteiger partial charge in [0, 0.05) is 5.25 Å². The van der Waals surface area contributed by atoms with Crippen molar-refractivity contribution in [1.29, 1.82) is 0 Å². The SMILES string of the molecule is O=c1[nH]c(SC2Cc3ccccc3C2O)nc2c1cnn2-c1ccccc1. The number of aliphatic hydroxyl groups is 1. The number of para-hydroxylation sites is 1. The first-order valence-electron chi connectivity index (χ1n) is 8.67. The third-order valence-corrected chi connectivity index (χ3v) is 5.97. The Labute approximate surface area is 158 Å². The number of H-pyrrole nitrogens is 1. The maximum absolute atomic E-state index is 12.5. The highest BCUT2D eigenvalue weighted by Crippen LogP contribution is 2.40. The van der Waals surface area contributed by atoms with Crippen molar-refractivity contribution < 1.29 is 5.11 Å². The molecule has 7 heteroatoms. The monoisotopic (exact) mass is 376 g/mol. The van der Waals surface area contributed by atoms with E-state index in [1.165, 1.54) is 18.0 Å². The summed E-state index contributed by atoms with van der Waals surface area (Å²) in [6, 6.07) is 17.5. The van der Waals surface area contributed by atoms with Crippen molar-refractivity contribution in [2.24, 2.45) is 0 Å². The first-order chi connectivity index (χ1) is 13.2. The fourth-order valence-corrected chi connectivity index (χ4v) is 4.62. The van der Waals surface area contributed by atoms with Crippen LogP contribution in [0.15, 0.2) is 70.7 Å². The molecule has 2 aromatic heterocycles. The van der Waals surface area contributed by atoms with Crippen molar-refractivity contribution in [3.8, 4) is 5.69 Å². The van der Waals surface area contributed by atoms with Crippen LogP contribution in [0.2, 0.25) is 0 Å². The Morgan fingerprint density at radius 3 is 2.70 bits per heavy atom. The number of nitrogens with one attached hydrogen (secondary N) is 1. The summed E-state index contributed by atoms with van der Waals surface area (Å²) in [4.78, 5) is 19.9. The van der Waals surface area contributed by atoms with Crippen LogP contribution in [0.1, 0.15) is 17.2 Å². The van der Waals surface area contributed by atoms with Gasteiger partial charge in [-0.15, -0.1) is 0 Å². The van der Waals surface area contributed by atoms with Crippen molar-refractivity contribution in [3.05, 3.63) is 82.3 Å². The van der Waals surface area contributed by atoms with Gasteiger partial charge in [0.05, 0.1) is 18.0 Å². The van der Waals surface area contributed by atoms with Gasteiger partial charge >= 0.3 is 0 Å². The number of nitrogens with zero attached hydrogens (tertiary/aromatic N) is 3. The molecule has 0 fully saturated rings. The number of fused-ring (bicyclic) bond motifs is 2. The largest absolute Gasteiger partial charge is 0.387 e. The first kappa shape index (κ1) is 16.3. The minimum atomic E-state index is -0.578. The highest BCUT2D eigenvalue weighted by Gasteiger charge is 2.32. The number of thioether (sulfide) groups is 1. The summed E-state index contributed by atoms with van der Waals surface area (Å²) in [6.07, 6.45) is 1.69. The number of aromatic amines is 1. The van der Waals surface area contributed by atoms with Gasteiger partial charge in [-0.2, -0.15) is 5.10 Å². The Morgan fingerprint density at radius 2 is 1.89 bits per heavy atom. The lowest BCUT2D eigenvalue weighted by molar-refractivity contribution is 0.185. The topological polar surface area (TPSA) is 83.8 Å². The lowest BCUT2D eigenvalue weighted by Crippen LogP contribution is -2.14. The van der Waals surface area contributed by atoms with E-state index >= 15 is 0 Å². The predicted octanol–water partition coefficient (Wildman–Crippen LogP) is 2.86. The number of aliphatic hydroxyl groups excluding tert-OH is 1. The smallest absolute Gasteiger partial charge is 0.262 e. The predicted molar refractivity (Wildman–Crippen MR) is 104 cm³/mol. The van der Waals surface area contributed by atoms with Crippen LogP contribution in [-0.2, 0) is 6.42 Å². The minimum absolute atomic E-state index is 0.0869. The van der Waals surface area contributed by atoms with Crippen LogP contribution in [0.4, 0.5) is 0 Å². The van der Waals surface area contributed by atoms with Crippen LogP contribution in [0.5, 0.6) is 0 Å². The van der Waals surface area contributed by atoms with Gasteiger partial charge in [-0.3, -0.25) is 4.79 Å². The normalized spacial score (nSPS) is 18.7. The van der Waals surface area contributed by atoms with Crippen LogP contribution in [0, 0.1) is 0 Å². The summed E-state index contributed by atoms with van der Waals surface area (Å²) < 4.78 is 1.66. The fourth-order valence-electron chi connectivity index (χ4n) is 3.50. The minimum Gasteiger partial charge on any atom is -0.387 e. The second-order valence-electron chi connectivity index (χ2n) is 6.50. The zero-order valence-electron chi connectivity index (χ0n) is 14.2. The van der Waals surface area contributed by atoms with E-state index in [0.717, 1.165) is 23.2 Å². The van der Waals surface area contributed by atoms with E-state index in [-0.39, 0.29) is 10.8 Å². The molecular weight excluding hydrogens is 360 g/mol. The van der Waals surface area contributed by atoms with E-state index < -0.39 is 6.10 Å². The molecule has 4 aromatic rings. The standard InChI is InChI=1S/C20H16N4O2S/c25-17-14-9-5-4-6-12(14)10-16(17)27-20-22-18-15(19(26)23-20)11-21-24(18)13-7-2-1-3-8-13/h1-9,11,16-17,25H,10H2,(H,22,23,26). The maximum atomic E-state index is 12.5. The second-order valence-corrected chi connectivity index (χ2v) is 7.73. The Morgan fingerprint density at radius 1 is 1.11 bits per heavy atom. The van der Waals surface area contributed by atoms with E-state index in [1.54, 1.807) is 4.68 Å². The summed E-state index contributed by atoms with van der Waals surface area (Å²) in [6.45, 7) is 0. The molecule has 0 amide bonds. The van der Waals surface area contributed by atoms with Gasteiger partial charge in [-0.25, -0.2) is 9.67 Å². The average molecular weight is 376 g/mol. The fraction of sp³-hybridized carbons (Fsp3) is 0.150.